The van der Waals surface area contributed by atoms with E-state index in [1.807, 2.05) is 0 Å². The molecule has 72 valence electrons. The molecule has 0 fully saturated rings. The van der Waals surface area contributed by atoms with Gasteiger partial charge in [0.25, 0.3) is 5.56 Å². The minimum atomic E-state index is -2.80. The van der Waals surface area contributed by atoms with Crippen LogP contribution in [0.25, 0.3) is 0 Å². The molecule has 0 radical (unpaired) electrons. The van der Waals surface area contributed by atoms with Gasteiger partial charge in [0.15, 0.2) is 0 Å². The van der Waals surface area contributed by atoms with Gasteiger partial charge in [-0.3, -0.25) is 14.3 Å². The standard InChI is InChI=1S/C8H10F2N2O/c1-5(2)6-7(13)12(8(9)10)4-3-11-6/h3-5,8H,1-2H3. The third kappa shape index (κ3) is 1.91. The second-order valence-corrected chi connectivity index (χ2v) is 2.96. The third-order valence-corrected chi connectivity index (χ3v) is 1.65. The van der Waals surface area contributed by atoms with Gasteiger partial charge in [0.1, 0.15) is 5.69 Å². The molecule has 0 unspecified atom stereocenters. The molecule has 5 heteroatoms. The molecular weight excluding hydrogens is 178 g/mol. The Morgan fingerprint density at radius 2 is 2.08 bits per heavy atom. The van der Waals surface area contributed by atoms with Crippen LogP contribution in [0.4, 0.5) is 8.78 Å². The average molecular weight is 188 g/mol. The lowest BCUT2D eigenvalue weighted by Crippen LogP contribution is -2.25. The molecule has 0 aliphatic rings. The highest BCUT2D eigenvalue weighted by molar-refractivity contribution is 5.02. The summed E-state index contributed by atoms with van der Waals surface area (Å²) < 4.78 is 24.8. The van der Waals surface area contributed by atoms with Crippen LogP contribution in [0.3, 0.4) is 0 Å². The average Bonchev–Trinajstić information content (AvgIpc) is 2.03. The molecule has 0 saturated carbocycles. The highest BCUT2D eigenvalue weighted by Gasteiger charge is 2.13. The van der Waals surface area contributed by atoms with Gasteiger partial charge in [-0.1, -0.05) is 13.8 Å². The summed E-state index contributed by atoms with van der Waals surface area (Å²) in [6.45, 7) is 0.673. The fraction of sp³-hybridized carbons (Fsp3) is 0.500. The molecule has 0 amide bonds. The van der Waals surface area contributed by atoms with Crippen LogP contribution >= 0.6 is 0 Å². The van der Waals surface area contributed by atoms with Crippen LogP contribution in [0.5, 0.6) is 0 Å². The van der Waals surface area contributed by atoms with Gasteiger partial charge in [-0.2, -0.15) is 8.78 Å². The SMILES string of the molecule is CC(C)c1nccn(C(F)F)c1=O. The van der Waals surface area contributed by atoms with Crippen molar-refractivity contribution in [3.8, 4) is 0 Å². The Morgan fingerprint density at radius 1 is 1.46 bits per heavy atom. The maximum atomic E-state index is 12.2. The summed E-state index contributed by atoms with van der Waals surface area (Å²) in [5.41, 5.74) is -0.546. The van der Waals surface area contributed by atoms with Gasteiger partial charge in [0.05, 0.1) is 0 Å². The van der Waals surface area contributed by atoms with Gasteiger partial charge < -0.3 is 0 Å². The van der Waals surface area contributed by atoms with E-state index in [4.69, 9.17) is 0 Å². The summed E-state index contributed by atoms with van der Waals surface area (Å²) in [5.74, 6) is -0.140. The summed E-state index contributed by atoms with van der Waals surface area (Å²) in [6.07, 6.45) is 2.20. The molecule has 0 spiro atoms. The molecule has 1 heterocycles. The molecule has 0 N–H and O–H groups in total. The zero-order chi connectivity index (χ0) is 10.0. The molecular formula is C8H10F2N2O. The van der Waals surface area contributed by atoms with Crippen LogP contribution in [-0.4, -0.2) is 9.55 Å². The molecule has 1 aromatic heterocycles. The largest absolute Gasteiger partial charge is 0.321 e. The zero-order valence-corrected chi connectivity index (χ0v) is 7.37. The van der Waals surface area contributed by atoms with Crippen molar-refractivity contribution >= 4 is 0 Å². The van der Waals surface area contributed by atoms with Gasteiger partial charge >= 0.3 is 6.55 Å². The van der Waals surface area contributed by atoms with Gasteiger partial charge in [-0.15, -0.1) is 0 Å². The van der Waals surface area contributed by atoms with E-state index >= 15 is 0 Å². The van der Waals surface area contributed by atoms with Gasteiger partial charge in [-0.25, -0.2) is 0 Å². The van der Waals surface area contributed by atoms with Crippen LogP contribution in [0, 0.1) is 0 Å². The van der Waals surface area contributed by atoms with Gasteiger partial charge in [-0.05, 0) is 0 Å². The topological polar surface area (TPSA) is 34.9 Å². The van der Waals surface area contributed by atoms with Crippen LogP contribution in [0.2, 0.25) is 0 Å². The van der Waals surface area contributed by atoms with Crippen molar-refractivity contribution in [1.82, 2.24) is 9.55 Å². The molecule has 3 nitrogen and oxygen atoms in total. The van der Waals surface area contributed by atoms with Gasteiger partial charge in [0.2, 0.25) is 0 Å². The first-order valence-electron chi connectivity index (χ1n) is 3.89. The Bertz CT molecular complexity index is 317. The van der Waals surface area contributed by atoms with Crippen molar-refractivity contribution in [2.45, 2.75) is 26.3 Å². The molecule has 0 bridgehead atoms. The summed E-state index contributed by atoms with van der Waals surface area (Å²) in [6, 6.07) is 0. The Kier molecular flexibility index (Phi) is 2.75. The van der Waals surface area contributed by atoms with E-state index in [0.29, 0.717) is 4.57 Å². The monoisotopic (exact) mass is 188 g/mol. The number of hydrogen-bond donors (Lipinski definition) is 0. The lowest BCUT2D eigenvalue weighted by Gasteiger charge is -2.07. The Morgan fingerprint density at radius 3 is 2.54 bits per heavy atom. The fourth-order valence-corrected chi connectivity index (χ4v) is 0.990. The zero-order valence-electron chi connectivity index (χ0n) is 7.37. The molecule has 13 heavy (non-hydrogen) atoms. The number of halogens is 2. The van der Waals surface area contributed by atoms with Crippen LogP contribution < -0.4 is 5.56 Å². The summed E-state index contributed by atoms with van der Waals surface area (Å²) in [5, 5.41) is 0. The van der Waals surface area contributed by atoms with Crippen molar-refractivity contribution < 1.29 is 8.78 Å². The number of alkyl halides is 2. The maximum Gasteiger partial charge on any atom is 0.321 e. The van der Waals surface area contributed by atoms with Crippen molar-refractivity contribution in [3.63, 3.8) is 0 Å². The normalized spacial score (nSPS) is 11.2. The first-order valence-corrected chi connectivity index (χ1v) is 3.89. The number of hydrogen-bond acceptors (Lipinski definition) is 2. The number of nitrogens with zero attached hydrogens (tertiary/aromatic N) is 2. The molecule has 0 atom stereocenters. The lowest BCUT2D eigenvalue weighted by molar-refractivity contribution is 0.0655. The van der Waals surface area contributed by atoms with Crippen molar-refractivity contribution in [2.75, 3.05) is 0 Å². The molecule has 0 saturated heterocycles. The predicted molar refractivity (Wildman–Crippen MR) is 43.8 cm³/mol. The Labute approximate surface area is 74.0 Å². The second kappa shape index (κ2) is 3.64. The first kappa shape index (κ1) is 9.83. The number of rotatable bonds is 2. The Hall–Kier alpha value is -1.26. The third-order valence-electron chi connectivity index (χ3n) is 1.65. The van der Waals surface area contributed by atoms with Crippen LogP contribution in [0.1, 0.15) is 32.0 Å². The lowest BCUT2D eigenvalue weighted by atomic mass is 10.1. The van der Waals surface area contributed by atoms with E-state index in [2.05, 4.69) is 4.98 Å². The quantitative estimate of drug-likeness (QED) is 0.708. The van der Waals surface area contributed by atoms with E-state index in [1.165, 1.54) is 6.20 Å². The summed E-state index contributed by atoms with van der Waals surface area (Å²) >= 11 is 0. The molecule has 1 aromatic rings. The van der Waals surface area contributed by atoms with E-state index in [9.17, 15) is 13.6 Å². The van der Waals surface area contributed by atoms with E-state index in [0.717, 1.165) is 6.20 Å². The van der Waals surface area contributed by atoms with Crippen LogP contribution in [0.15, 0.2) is 17.2 Å². The maximum absolute atomic E-state index is 12.2. The predicted octanol–water partition coefficient (Wildman–Crippen LogP) is 1.76. The molecule has 0 aliphatic carbocycles. The first-order chi connectivity index (χ1) is 6.04. The van der Waals surface area contributed by atoms with E-state index < -0.39 is 12.1 Å². The van der Waals surface area contributed by atoms with Crippen molar-refractivity contribution in [2.24, 2.45) is 0 Å². The summed E-state index contributed by atoms with van der Waals surface area (Å²) in [7, 11) is 0. The Balaban J connectivity index is 3.27. The fourth-order valence-electron chi connectivity index (χ4n) is 0.990. The highest BCUT2D eigenvalue weighted by atomic mass is 19.3. The second-order valence-electron chi connectivity index (χ2n) is 2.96. The molecule has 1 rings (SSSR count). The summed E-state index contributed by atoms with van der Waals surface area (Å²) in [4.78, 5) is 15.0. The van der Waals surface area contributed by atoms with Crippen molar-refractivity contribution in [1.29, 1.82) is 0 Å². The van der Waals surface area contributed by atoms with Gasteiger partial charge in [0, 0.05) is 18.3 Å². The highest BCUT2D eigenvalue weighted by Crippen LogP contribution is 2.09. The minimum Gasteiger partial charge on any atom is -0.267 e. The van der Waals surface area contributed by atoms with Crippen molar-refractivity contribution in [3.05, 3.63) is 28.4 Å². The van der Waals surface area contributed by atoms with E-state index in [-0.39, 0.29) is 11.6 Å². The van der Waals surface area contributed by atoms with E-state index in [1.54, 1.807) is 13.8 Å². The molecule has 0 aromatic carbocycles. The molecule has 0 aliphatic heterocycles. The van der Waals surface area contributed by atoms with Crippen LogP contribution in [-0.2, 0) is 0 Å². The smallest absolute Gasteiger partial charge is 0.267 e. The number of aromatic nitrogens is 2. The minimum absolute atomic E-state index is 0.140.